The van der Waals surface area contributed by atoms with Crippen molar-refractivity contribution in [3.63, 3.8) is 0 Å². The number of piperidine rings is 1. The average molecular weight is 430 g/mol. The van der Waals surface area contributed by atoms with E-state index >= 15 is 0 Å². The fraction of sp³-hybridized carbons (Fsp3) is 0.500. The Kier molecular flexibility index (Phi) is 5.77. The maximum Gasteiger partial charge on any atom is 0.264 e. The molecule has 0 radical (unpaired) electrons. The Labute approximate surface area is 181 Å². The second-order valence-corrected chi connectivity index (χ2v) is 10.4. The van der Waals surface area contributed by atoms with Crippen molar-refractivity contribution in [1.82, 2.24) is 14.8 Å². The topological polar surface area (TPSA) is 105 Å². The van der Waals surface area contributed by atoms with Crippen molar-refractivity contribution < 1.29 is 5.11 Å². The molecule has 0 saturated carbocycles. The minimum absolute atomic E-state index is 0.0638. The summed E-state index contributed by atoms with van der Waals surface area (Å²) in [7, 11) is 3.49. The van der Waals surface area contributed by atoms with E-state index in [1.54, 1.807) is 31.3 Å². The summed E-state index contributed by atoms with van der Waals surface area (Å²) in [6.07, 6.45) is 1.73. The standard InChI is InChI=1S/C22H31N5O2S/c1-21(2)11-13(12-22(3,4)25-21)26(5)20(24)30-18(23)16-17(28)14-9-7-8-10-15(14)27(6)19(16)29/h7-10,13,23-25,28H,11-12H2,1-6H3. The molecule has 1 fully saturated rings. The van der Waals surface area contributed by atoms with Crippen molar-refractivity contribution in [2.24, 2.45) is 7.05 Å². The van der Waals surface area contributed by atoms with Gasteiger partial charge in [-0.3, -0.25) is 15.6 Å². The van der Waals surface area contributed by atoms with E-state index in [1.807, 2.05) is 11.9 Å². The Hall–Kier alpha value is -2.32. The monoisotopic (exact) mass is 429 g/mol. The zero-order chi connectivity index (χ0) is 22.4. The number of aromatic nitrogens is 1. The first kappa shape index (κ1) is 22.4. The normalized spacial score (nSPS) is 18.3. The van der Waals surface area contributed by atoms with Crippen LogP contribution in [0.2, 0.25) is 0 Å². The van der Waals surface area contributed by atoms with Gasteiger partial charge in [-0.2, -0.15) is 0 Å². The molecule has 1 saturated heterocycles. The first-order valence-electron chi connectivity index (χ1n) is 10.0. The number of hydrogen-bond donors (Lipinski definition) is 4. The van der Waals surface area contributed by atoms with Gasteiger partial charge in [-0.25, -0.2) is 0 Å². The third kappa shape index (κ3) is 4.25. The van der Waals surface area contributed by atoms with Crippen LogP contribution in [-0.4, -0.2) is 49.0 Å². The summed E-state index contributed by atoms with van der Waals surface area (Å²) >= 11 is 0.899. The number of aromatic hydroxyl groups is 1. The number of rotatable bonds is 2. The van der Waals surface area contributed by atoms with E-state index in [-0.39, 0.29) is 38.6 Å². The Balaban J connectivity index is 1.86. The molecule has 162 valence electrons. The van der Waals surface area contributed by atoms with Crippen LogP contribution in [0, 0.1) is 10.8 Å². The number of thioether (sulfide) groups is 1. The molecule has 2 heterocycles. The Morgan fingerprint density at radius 3 is 2.37 bits per heavy atom. The van der Waals surface area contributed by atoms with E-state index in [2.05, 4.69) is 33.0 Å². The molecule has 1 aliphatic rings. The van der Waals surface area contributed by atoms with E-state index in [1.165, 1.54) is 4.57 Å². The zero-order valence-electron chi connectivity index (χ0n) is 18.5. The Morgan fingerprint density at radius 2 is 1.77 bits per heavy atom. The summed E-state index contributed by atoms with van der Waals surface area (Å²) in [5.41, 5.74) is -0.0290. The fourth-order valence-corrected chi connectivity index (χ4v) is 5.38. The SMILES string of the molecule is CN(C(=N)SC(=N)c1c(O)c2ccccc2n(C)c1=O)C1CC(C)(C)NC(C)(C)C1. The lowest BCUT2D eigenvalue weighted by molar-refractivity contribution is 0.114. The molecule has 4 N–H and O–H groups in total. The highest BCUT2D eigenvalue weighted by Crippen LogP contribution is 2.33. The third-order valence-corrected chi connectivity index (χ3v) is 6.63. The van der Waals surface area contributed by atoms with Crippen LogP contribution < -0.4 is 10.9 Å². The summed E-state index contributed by atoms with van der Waals surface area (Å²) in [5.74, 6) is -0.203. The molecule has 0 spiro atoms. The van der Waals surface area contributed by atoms with Crippen molar-refractivity contribution >= 4 is 32.9 Å². The first-order chi connectivity index (χ1) is 13.8. The minimum Gasteiger partial charge on any atom is -0.506 e. The van der Waals surface area contributed by atoms with Gasteiger partial charge in [0.05, 0.1) is 5.52 Å². The minimum atomic E-state index is -0.441. The van der Waals surface area contributed by atoms with E-state index < -0.39 is 5.56 Å². The predicted molar refractivity (Wildman–Crippen MR) is 125 cm³/mol. The number of nitrogens with one attached hydrogen (secondary N) is 3. The number of para-hydroxylation sites is 1. The highest BCUT2D eigenvalue weighted by atomic mass is 32.2. The summed E-state index contributed by atoms with van der Waals surface area (Å²) in [6, 6.07) is 7.20. The van der Waals surface area contributed by atoms with E-state index in [0.29, 0.717) is 10.9 Å². The smallest absolute Gasteiger partial charge is 0.264 e. The lowest BCUT2D eigenvalue weighted by Crippen LogP contribution is -2.62. The van der Waals surface area contributed by atoms with Crippen molar-refractivity contribution in [3.05, 3.63) is 40.2 Å². The predicted octanol–water partition coefficient (Wildman–Crippen LogP) is 3.48. The average Bonchev–Trinajstić information content (AvgIpc) is 2.63. The van der Waals surface area contributed by atoms with Gasteiger partial charge in [0.15, 0.2) is 5.17 Å². The van der Waals surface area contributed by atoms with Gasteiger partial charge in [-0.05, 0) is 64.4 Å². The van der Waals surface area contributed by atoms with E-state index in [9.17, 15) is 9.90 Å². The largest absolute Gasteiger partial charge is 0.506 e. The second-order valence-electron chi connectivity index (χ2n) is 9.41. The van der Waals surface area contributed by atoms with Gasteiger partial charge in [0.1, 0.15) is 16.4 Å². The van der Waals surface area contributed by atoms with Crippen LogP contribution in [0.15, 0.2) is 29.1 Å². The van der Waals surface area contributed by atoms with Crippen LogP contribution in [0.1, 0.15) is 46.1 Å². The maximum absolute atomic E-state index is 12.8. The molecule has 7 nitrogen and oxygen atoms in total. The molecule has 1 aliphatic heterocycles. The highest BCUT2D eigenvalue weighted by molar-refractivity contribution is 8.26. The summed E-state index contributed by atoms with van der Waals surface area (Å²) in [4.78, 5) is 14.7. The zero-order valence-corrected chi connectivity index (χ0v) is 19.3. The van der Waals surface area contributed by atoms with Crippen molar-refractivity contribution in [3.8, 4) is 5.75 Å². The number of nitrogens with zero attached hydrogens (tertiary/aromatic N) is 2. The molecule has 3 rings (SSSR count). The molecular formula is C22H31N5O2S. The number of benzene rings is 1. The van der Waals surface area contributed by atoms with Gasteiger partial charge in [0.25, 0.3) is 5.56 Å². The summed E-state index contributed by atoms with van der Waals surface area (Å²) in [5, 5.41) is 32.0. The molecule has 2 aromatic rings. The van der Waals surface area contributed by atoms with Gasteiger partial charge in [0, 0.05) is 36.6 Å². The van der Waals surface area contributed by atoms with Gasteiger partial charge < -0.3 is 19.9 Å². The van der Waals surface area contributed by atoms with Crippen LogP contribution in [0.25, 0.3) is 10.9 Å². The lowest BCUT2D eigenvalue weighted by atomic mass is 9.79. The molecule has 0 aliphatic carbocycles. The van der Waals surface area contributed by atoms with Gasteiger partial charge in [0.2, 0.25) is 0 Å². The van der Waals surface area contributed by atoms with Crippen molar-refractivity contribution in [2.45, 2.75) is 57.7 Å². The van der Waals surface area contributed by atoms with E-state index in [0.717, 1.165) is 24.6 Å². The van der Waals surface area contributed by atoms with Gasteiger partial charge >= 0.3 is 0 Å². The molecule has 1 aromatic heterocycles. The maximum atomic E-state index is 12.8. The molecule has 0 bridgehead atoms. The first-order valence-corrected chi connectivity index (χ1v) is 10.8. The number of fused-ring (bicyclic) bond motifs is 1. The fourth-order valence-electron chi connectivity index (χ4n) is 4.61. The number of pyridine rings is 1. The molecular weight excluding hydrogens is 398 g/mol. The van der Waals surface area contributed by atoms with E-state index in [4.69, 9.17) is 10.8 Å². The Bertz CT molecular complexity index is 1060. The van der Waals surface area contributed by atoms with Crippen LogP contribution in [-0.2, 0) is 7.05 Å². The van der Waals surface area contributed by atoms with Crippen LogP contribution in [0.3, 0.4) is 0 Å². The number of hydrogen-bond acceptors (Lipinski definition) is 6. The summed E-state index contributed by atoms with van der Waals surface area (Å²) < 4.78 is 1.44. The molecule has 0 atom stereocenters. The number of amidine groups is 1. The molecule has 0 unspecified atom stereocenters. The lowest BCUT2D eigenvalue weighted by Gasteiger charge is -2.49. The van der Waals surface area contributed by atoms with Crippen LogP contribution >= 0.6 is 11.8 Å². The Morgan fingerprint density at radius 1 is 1.20 bits per heavy atom. The number of aryl methyl sites for hydroxylation is 1. The van der Waals surface area contributed by atoms with Gasteiger partial charge in [-0.15, -0.1) is 0 Å². The second kappa shape index (κ2) is 7.74. The van der Waals surface area contributed by atoms with Crippen molar-refractivity contribution in [2.75, 3.05) is 7.05 Å². The third-order valence-electron chi connectivity index (χ3n) is 5.74. The summed E-state index contributed by atoms with van der Waals surface area (Å²) in [6.45, 7) is 8.63. The molecule has 30 heavy (non-hydrogen) atoms. The molecule has 8 heteroatoms. The molecule has 0 amide bonds. The highest BCUT2D eigenvalue weighted by Gasteiger charge is 2.40. The van der Waals surface area contributed by atoms with Crippen molar-refractivity contribution in [1.29, 1.82) is 10.8 Å². The molecule has 1 aromatic carbocycles. The quantitative estimate of drug-likeness (QED) is 0.432. The van der Waals surface area contributed by atoms with Crippen LogP contribution in [0.5, 0.6) is 5.75 Å². The van der Waals surface area contributed by atoms with Gasteiger partial charge in [-0.1, -0.05) is 12.1 Å². The van der Waals surface area contributed by atoms with Crippen LogP contribution in [0.4, 0.5) is 0 Å².